The highest BCUT2D eigenvalue weighted by atomic mass is 16.6. The summed E-state index contributed by atoms with van der Waals surface area (Å²) in [6.07, 6.45) is 6.57. The van der Waals surface area contributed by atoms with Gasteiger partial charge in [0.1, 0.15) is 12.4 Å². The van der Waals surface area contributed by atoms with E-state index in [4.69, 9.17) is 4.74 Å². The standard InChI is InChI=1S/C27H34N6O3/c1-3-24(34)32-13-11-31(12-14-32)23(15-19-5-6-19)21-9-7-20(8-10-21)16-28-26-29-17-22-18-36-27(35)33(4-2)25(22)30-26/h3,7-10,17,19,23H,1,4-6,11-16,18H2,2H3,(H,28,29,30). The molecular weight excluding hydrogens is 456 g/mol. The van der Waals surface area contributed by atoms with E-state index in [0.29, 0.717) is 30.9 Å². The Bertz CT molecular complexity index is 1110. The maximum absolute atomic E-state index is 12.0. The minimum absolute atomic E-state index is 0.0236. The number of ether oxygens (including phenoxy) is 1. The molecule has 1 atom stereocenters. The van der Waals surface area contributed by atoms with Crippen LogP contribution < -0.4 is 10.2 Å². The molecule has 0 bridgehead atoms. The molecule has 1 aromatic carbocycles. The molecule has 1 unspecified atom stereocenters. The van der Waals surface area contributed by atoms with Gasteiger partial charge in [-0.3, -0.25) is 14.6 Å². The van der Waals surface area contributed by atoms with Crippen molar-refractivity contribution in [2.24, 2.45) is 5.92 Å². The largest absolute Gasteiger partial charge is 0.444 e. The topological polar surface area (TPSA) is 90.9 Å². The molecule has 1 saturated heterocycles. The molecule has 9 nitrogen and oxygen atoms in total. The molecule has 1 N–H and O–H groups in total. The van der Waals surface area contributed by atoms with Crippen LogP contribution in [0, 0.1) is 5.92 Å². The van der Waals surface area contributed by atoms with Gasteiger partial charge < -0.3 is 15.0 Å². The van der Waals surface area contributed by atoms with Crippen LogP contribution in [0.3, 0.4) is 0 Å². The second-order valence-corrected chi connectivity index (χ2v) is 9.70. The maximum Gasteiger partial charge on any atom is 0.415 e. The molecule has 5 rings (SSSR count). The molecule has 2 aliphatic heterocycles. The molecule has 36 heavy (non-hydrogen) atoms. The Kier molecular flexibility index (Phi) is 7.18. The van der Waals surface area contributed by atoms with Gasteiger partial charge in [0.25, 0.3) is 0 Å². The Labute approximate surface area is 212 Å². The number of nitrogens with zero attached hydrogens (tertiary/aromatic N) is 5. The lowest BCUT2D eigenvalue weighted by Crippen LogP contribution is -2.49. The van der Waals surface area contributed by atoms with Gasteiger partial charge in [-0.1, -0.05) is 43.7 Å². The smallest absolute Gasteiger partial charge is 0.415 e. The lowest BCUT2D eigenvalue weighted by atomic mass is 9.97. The van der Waals surface area contributed by atoms with Crippen LogP contribution in [-0.4, -0.2) is 64.5 Å². The predicted molar refractivity (Wildman–Crippen MR) is 137 cm³/mol. The number of nitrogens with one attached hydrogen (secondary N) is 1. The van der Waals surface area contributed by atoms with Gasteiger partial charge in [0.05, 0.1) is 5.56 Å². The molecular formula is C27H34N6O3. The average Bonchev–Trinajstić information content (AvgIpc) is 3.75. The molecule has 3 heterocycles. The summed E-state index contributed by atoms with van der Waals surface area (Å²) in [6.45, 7) is 10.1. The molecule has 1 aliphatic carbocycles. The van der Waals surface area contributed by atoms with E-state index in [1.807, 2.05) is 11.8 Å². The third kappa shape index (κ3) is 5.36. The van der Waals surface area contributed by atoms with Crippen LogP contribution >= 0.6 is 0 Å². The third-order valence-electron chi connectivity index (χ3n) is 7.30. The number of carbonyl (C=O) groups excluding carboxylic acids is 2. The minimum Gasteiger partial charge on any atom is -0.444 e. The molecule has 1 saturated carbocycles. The van der Waals surface area contributed by atoms with E-state index in [-0.39, 0.29) is 18.6 Å². The minimum atomic E-state index is -0.375. The summed E-state index contributed by atoms with van der Waals surface area (Å²) in [5.41, 5.74) is 3.28. The number of rotatable bonds is 9. The van der Waals surface area contributed by atoms with Gasteiger partial charge in [-0.05, 0) is 36.5 Å². The van der Waals surface area contributed by atoms with Crippen LogP contribution in [0.1, 0.15) is 48.9 Å². The zero-order chi connectivity index (χ0) is 25.1. The van der Waals surface area contributed by atoms with Crippen LogP contribution in [0.2, 0.25) is 0 Å². The van der Waals surface area contributed by atoms with E-state index in [1.54, 1.807) is 6.20 Å². The summed E-state index contributed by atoms with van der Waals surface area (Å²) in [5.74, 6) is 1.93. The number of aromatic nitrogens is 2. The number of benzene rings is 1. The molecule has 3 aliphatic rings. The van der Waals surface area contributed by atoms with Crippen molar-refractivity contribution in [2.75, 3.05) is 42.9 Å². The summed E-state index contributed by atoms with van der Waals surface area (Å²) in [4.78, 5) is 38.9. The highest BCUT2D eigenvalue weighted by Gasteiger charge is 2.32. The van der Waals surface area contributed by atoms with Gasteiger partial charge in [-0.25, -0.2) is 9.78 Å². The molecule has 2 fully saturated rings. The lowest BCUT2D eigenvalue weighted by molar-refractivity contribution is -0.128. The van der Waals surface area contributed by atoms with E-state index in [0.717, 1.165) is 43.2 Å². The zero-order valence-electron chi connectivity index (χ0n) is 20.9. The number of amides is 2. The number of hydrogen-bond acceptors (Lipinski definition) is 7. The molecule has 2 aromatic rings. The summed E-state index contributed by atoms with van der Waals surface area (Å²) in [5, 5.41) is 3.29. The van der Waals surface area contributed by atoms with Crippen molar-refractivity contribution in [3.8, 4) is 0 Å². The van der Waals surface area contributed by atoms with Crippen molar-refractivity contribution in [1.29, 1.82) is 0 Å². The first-order valence-corrected chi connectivity index (χ1v) is 12.8. The van der Waals surface area contributed by atoms with Crippen LogP contribution in [0.15, 0.2) is 43.1 Å². The maximum atomic E-state index is 12.0. The van der Waals surface area contributed by atoms with Crippen LogP contribution in [-0.2, 0) is 22.7 Å². The molecule has 2 amide bonds. The second-order valence-electron chi connectivity index (χ2n) is 9.70. The molecule has 1 aromatic heterocycles. The zero-order valence-corrected chi connectivity index (χ0v) is 20.9. The number of cyclic esters (lactones) is 1. The van der Waals surface area contributed by atoms with E-state index in [9.17, 15) is 9.59 Å². The Morgan fingerprint density at radius 3 is 2.64 bits per heavy atom. The van der Waals surface area contributed by atoms with Gasteiger partial charge in [-0.2, -0.15) is 4.98 Å². The number of piperazine rings is 1. The van der Waals surface area contributed by atoms with Crippen molar-refractivity contribution in [2.45, 2.75) is 45.4 Å². The van der Waals surface area contributed by atoms with Gasteiger partial charge in [0, 0.05) is 51.5 Å². The van der Waals surface area contributed by atoms with Gasteiger partial charge >= 0.3 is 6.09 Å². The Morgan fingerprint density at radius 2 is 1.97 bits per heavy atom. The summed E-state index contributed by atoms with van der Waals surface area (Å²) >= 11 is 0. The first kappa shape index (κ1) is 24.2. The van der Waals surface area contributed by atoms with Crippen molar-refractivity contribution < 1.29 is 14.3 Å². The molecule has 0 radical (unpaired) electrons. The normalized spacial score (nSPS) is 18.9. The summed E-state index contributed by atoms with van der Waals surface area (Å²) in [6, 6.07) is 9.16. The number of hydrogen-bond donors (Lipinski definition) is 1. The molecule has 190 valence electrons. The third-order valence-corrected chi connectivity index (χ3v) is 7.30. The highest BCUT2D eigenvalue weighted by Crippen LogP contribution is 2.40. The van der Waals surface area contributed by atoms with E-state index in [2.05, 4.69) is 51.0 Å². The fourth-order valence-corrected chi connectivity index (χ4v) is 4.99. The Hall–Kier alpha value is -3.46. The molecule has 0 spiro atoms. The van der Waals surface area contributed by atoms with Gasteiger partial charge in [0.15, 0.2) is 0 Å². The summed E-state index contributed by atoms with van der Waals surface area (Å²) in [7, 11) is 0. The number of anilines is 2. The van der Waals surface area contributed by atoms with Crippen molar-refractivity contribution in [1.82, 2.24) is 19.8 Å². The number of fused-ring (bicyclic) bond motifs is 1. The Morgan fingerprint density at radius 1 is 1.22 bits per heavy atom. The quantitative estimate of drug-likeness (QED) is 0.536. The summed E-state index contributed by atoms with van der Waals surface area (Å²) < 4.78 is 5.16. The van der Waals surface area contributed by atoms with E-state index in [1.165, 1.54) is 35.8 Å². The van der Waals surface area contributed by atoms with Gasteiger partial charge in [-0.15, -0.1) is 0 Å². The SMILES string of the molecule is C=CC(=O)N1CCN(C(CC2CC2)c2ccc(CNc3ncc4c(n3)N(CC)C(=O)OC4)cc2)CC1. The van der Waals surface area contributed by atoms with Crippen molar-refractivity contribution in [3.05, 3.63) is 59.8 Å². The fourth-order valence-electron chi connectivity index (χ4n) is 4.99. The van der Waals surface area contributed by atoms with Crippen LogP contribution in [0.4, 0.5) is 16.6 Å². The van der Waals surface area contributed by atoms with E-state index < -0.39 is 0 Å². The van der Waals surface area contributed by atoms with Crippen LogP contribution in [0.25, 0.3) is 0 Å². The monoisotopic (exact) mass is 490 g/mol. The van der Waals surface area contributed by atoms with Gasteiger partial charge in [0.2, 0.25) is 11.9 Å². The highest BCUT2D eigenvalue weighted by molar-refractivity contribution is 5.89. The number of carbonyl (C=O) groups is 2. The first-order valence-electron chi connectivity index (χ1n) is 12.8. The lowest BCUT2D eigenvalue weighted by Gasteiger charge is -2.39. The first-order chi connectivity index (χ1) is 17.6. The second kappa shape index (κ2) is 10.7. The van der Waals surface area contributed by atoms with Crippen molar-refractivity contribution >= 4 is 23.8 Å². The molecule has 9 heteroatoms. The Balaban J connectivity index is 1.23. The van der Waals surface area contributed by atoms with E-state index >= 15 is 0 Å². The van der Waals surface area contributed by atoms with Crippen molar-refractivity contribution in [3.63, 3.8) is 0 Å². The van der Waals surface area contributed by atoms with Crippen LogP contribution in [0.5, 0.6) is 0 Å². The fraction of sp³-hybridized carbons (Fsp3) is 0.481. The average molecular weight is 491 g/mol. The predicted octanol–water partition coefficient (Wildman–Crippen LogP) is 3.74.